The number of aliphatic hydroxyl groups excluding tert-OH is 1. The van der Waals surface area contributed by atoms with E-state index >= 15 is 0 Å². The summed E-state index contributed by atoms with van der Waals surface area (Å²) in [5.41, 5.74) is 0. The molecule has 1 saturated heterocycles. The number of halogens is 2. The molecule has 18 heavy (non-hydrogen) atoms. The van der Waals surface area contributed by atoms with Crippen LogP contribution in [0.25, 0.3) is 0 Å². The predicted octanol–water partition coefficient (Wildman–Crippen LogP) is 1.59. The number of benzene rings is 1. The maximum absolute atomic E-state index is 13.4. The van der Waals surface area contributed by atoms with Gasteiger partial charge in [-0.05, 0) is 46.5 Å². The van der Waals surface area contributed by atoms with Crippen LogP contribution in [0.5, 0.6) is 0 Å². The molecule has 0 amide bonds. The van der Waals surface area contributed by atoms with Crippen LogP contribution in [0.15, 0.2) is 27.6 Å². The Hall–Kier alpha value is -0.500. The number of rotatable bonds is 3. The van der Waals surface area contributed by atoms with Crippen molar-refractivity contribution in [1.82, 2.24) is 4.31 Å². The molecule has 1 aromatic rings. The lowest BCUT2D eigenvalue weighted by atomic mass is 10.1. The van der Waals surface area contributed by atoms with Crippen LogP contribution in [0.3, 0.4) is 0 Å². The fourth-order valence-electron chi connectivity index (χ4n) is 1.95. The van der Waals surface area contributed by atoms with Crippen LogP contribution in [0.4, 0.5) is 4.39 Å². The Bertz CT molecular complexity index is 549. The van der Waals surface area contributed by atoms with Crippen molar-refractivity contribution in [2.45, 2.75) is 11.3 Å². The lowest BCUT2D eigenvalue weighted by Crippen LogP contribution is -2.29. The smallest absolute Gasteiger partial charge is 0.243 e. The van der Waals surface area contributed by atoms with E-state index in [-0.39, 0.29) is 28.4 Å². The monoisotopic (exact) mass is 337 g/mol. The topological polar surface area (TPSA) is 57.6 Å². The summed E-state index contributed by atoms with van der Waals surface area (Å²) < 4.78 is 39.3. The summed E-state index contributed by atoms with van der Waals surface area (Å²) in [5.74, 6) is -0.631. The molecule has 1 N–H and O–H groups in total. The van der Waals surface area contributed by atoms with Gasteiger partial charge in [0.25, 0.3) is 0 Å². The van der Waals surface area contributed by atoms with Crippen LogP contribution in [0, 0.1) is 11.7 Å². The predicted molar refractivity (Wildman–Crippen MR) is 68.1 cm³/mol. The number of hydrogen-bond acceptors (Lipinski definition) is 3. The second-order valence-corrected chi connectivity index (χ2v) is 7.07. The van der Waals surface area contributed by atoms with E-state index in [9.17, 15) is 12.8 Å². The minimum absolute atomic E-state index is 0.0271. The van der Waals surface area contributed by atoms with Crippen LogP contribution >= 0.6 is 15.9 Å². The zero-order chi connectivity index (χ0) is 13.3. The van der Waals surface area contributed by atoms with Gasteiger partial charge in [-0.1, -0.05) is 0 Å². The molecule has 0 aliphatic carbocycles. The highest BCUT2D eigenvalue weighted by atomic mass is 79.9. The summed E-state index contributed by atoms with van der Waals surface area (Å²) in [5, 5.41) is 9.01. The highest BCUT2D eigenvalue weighted by Crippen LogP contribution is 2.26. The van der Waals surface area contributed by atoms with Gasteiger partial charge in [0.1, 0.15) is 5.82 Å². The quantitative estimate of drug-likeness (QED) is 0.911. The molecule has 0 aromatic heterocycles. The lowest BCUT2D eigenvalue weighted by molar-refractivity contribution is 0.233. The standard InChI is InChI=1S/C11H13BrFNO3S/c12-10-2-1-9(5-11(10)13)18(16,17)14-4-3-8(6-14)7-15/h1-2,5,8,15H,3-4,6-7H2. The number of aliphatic hydroxyl groups is 1. The molecule has 1 aromatic carbocycles. The Labute approximate surface area is 114 Å². The molecule has 2 rings (SSSR count). The Balaban J connectivity index is 2.28. The second kappa shape index (κ2) is 5.24. The van der Waals surface area contributed by atoms with Crippen molar-refractivity contribution in [2.24, 2.45) is 5.92 Å². The highest BCUT2D eigenvalue weighted by molar-refractivity contribution is 9.10. The summed E-state index contributed by atoms with van der Waals surface area (Å²) in [6, 6.07) is 3.75. The van der Waals surface area contributed by atoms with E-state index < -0.39 is 15.8 Å². The summed E-state index contributed by atoms with van der Waals surface area (Å²) >= 11 is 2.98. The third-order valence-electron chi connectivity index (χ3n) is 3.04. The molecule has 1 aliphatic heterocycles. The number of sulfonamides is 1. The largest absolute Gasteiger partial charge is 0.396 e. The van der Waals surface area contributed by atoms with E-state index in [0.29, 0.717) is 13.0 Å². The molecule has 0 radical (unpaired) electrons. The maximum Gasteiger partial charge on any atom is 0.243 e. The minimum Gasteiger partial charge on any atom is -0.396 e. The highest BCUT2D eigenvalue weighted by Gasteiger charge is 2.32. The maximum atomic E-state index is 13.4. The summed E-state index contributed by atoms with van der Waals surface area (Å²) in [6.07, 6.45) is 0.634. The average molecular weight is 338 g/mol. The third-order valence-corrected chi connectivity index (χ3v) is 5.54. The average Bonchev–Trinajstić information content (AvgIpc) is 2.81. The van der Waals surface area contributed by atoms with Crippen LogP contribution in [0.2, 0.25) is 0 Å². The first kappa shape index (κ1) is 13.9. The number of hydrogen-bond donors (Lipinski definition) is 1. The van der Waals surface area contributed by atoms with Crippen molar-refractivity contribution >= 4 is 26.0 Å². The molecule has 1 atom stereocenters. The van der Waals surface area contributed by atoms with E-state index in [2.05, 4.69) is 15.9 Å². The first-order chi connectivity index (χ1) is 8.45. The van der Waals surface area contributed by atoms with Gasteiger partial charge in [0.15, 0.2) is 0 Å². The van der Waals surface area contributed by atoms with Gasteiger partial charge in [0, 0.05) is 19.7 Å². The van der Waals surface area contributed by atoms with Crippen molar-refractivity contribution in [3.8, 4) is 0 Å². The molecule has 4 nitrogen and oxygen atoms in total. The van der Waals surface area contributed by atoms with Crippen molar-refractivity contribution in [3.63, 3.8) is 0 Å². The molecule has 0 bridgehead atoms. The van der Waals surface area contributed by atoms with Crippen LogP contribution < -0.4 is 0 Å². The van der Waals surface area contributed by atoms with Gasteiger partial charge in [-0.25, -0.2) is 12.8 Å². The van der Waals surface area contributed by atoms with Crippen LogP contribution in [0.1, 0.15) is 6.42 Å². The van der Waals surface area contributed by atoms with Gasteiger partial charge in [-0.15, -0.1) is 0 Å². The lowest BCUT2D eigenvalue weighted by Gasteiger charge is -2.16. The van der Waals surface area contributed by atoms with E-state index in [1.807, 2.05) is 0 Å². The zero-order valence-electron chi connectivity index (χ0n) is 9.51. The first-order valence-electron chi connectivity index (χ1n) is 5.51. The third kappa shape index (κ3) is 2.59. The molecule has 1 aliphatic rings. The molecule has 0 spiro atoms. The fraction of sp³-hybridized carbons (Fsp3) is 0.455. The van der Waals surface area contributed by atoms with Crippen LogP contribution in [-0.2, 0) is 10.0 Å². The molecule has 100 valence electrons. The molecule has 0 saturated carbocycles. The molecular weight excluding hydrogens is 325 g/mol. The van der Waals surface area contributed by atoms with Crippen molar-refractivity contribution in [2.75, 3.05) is 19.7 Å². The van der Waals surface area contributed by atoms with Crippen molar-refractivity contribution < 1.29 is 17.9 Å². The van der Waals surface area contributed by atoms with Gasteiger partial charge < -0.3 is 5.11 Å². The van der Waals surface area contributed by atoms with Crippen LogP contribution in [-0.4, -0.2) is 37.5 Å². The Morgan fingerprint density at radius 3 is 2.78 bits per heavy atom. The normalized spacial score (nSPS) is 21.4. The first-order valence-corrected chi connectivity index (χ1v) is 7.74. The van der Waals surface area contributed by atoms with Gasteiger partial charge in [0.2, 0.25) is 10.0 Å². The van der Waals surface area contributed by atoms with E-state index in [4.69, 9.17) is 5.11 Å². The molecule has 1 fully saturated rings. The summed E-state index contributed by atoms with van der Waals surface area (Å²) in [6.45, 7) is 0.627. The summed E-state index contributed by atoms with van der Waals surface area (Å²) in [4.78, 5) is -0.0539. The summed E-state index contributed by atoms with van der Waals surface area (Å²) in [7, 11) is -3.66. The van der Waals surface area contributed by atoms with Gasteiger partial charge >= 0.3 is 0 Å². The number of nitrogens with zero attached hydrogens (tertiary/aromatic N) is 1. The van der Waals surface area contributed by atoms with Crippen molar-refractivity contribution in [1.29, 1.82) is 0 Å². The Kier molecular flexibility index (Phi) is 4.05. The fourth-order valence-corrected chi connectivity index (χ4v) is 3.74. The molecular formula is C11H13BrFNO3S. The molecule has 7 heteroatoms. The molecule has 1 unspecified atom stereocenters. The van der Waals surface area contributed by atoms with Gasteiger partial charge in [-0.2, -0.15) is 4.31 Å². The minimum atomic E-state index is -3.66. The second-order valence-electron chi connectivity index (χ2n) is 4.28. The van der Waals surface area contributed by atoms with Crippen molar-refractivity contribution in [3.05, 3.63) is 28.5 Å². The van der Waals surface area contributed by atoms with Gasteiger partial charge in [0.05, 0.1) is 9.37 Å². The Morgan fingerprint density at radius 2 is 2.22 bits per heavy atom. The SMILES string of the molecule is O=S(=O)(c1ccc(Br)c(F)c1)N1CCC(CO)C1. The molecule has 1 heterocycles. The van der Waals surface area contributed by atoms with E-state index in [1.54, 1.807) is 0 Å². The van der Waals surface area contributed by atoms with E-state index in [1.165, 1.54) is 16.4 Å². The zero-order valence-corrected chi connectivity index (χ0v) is 11.9. The van der Waals surface area contributed by atoms with Gasteiger partial charge in [-0.3, -0.25) is 0 Å². The Morgan fingerprint density at radius 1 is 1.50 bits per heavy atom. The van der Waals surface area contributed by atoms with E-state index in [0.717, 1.165) is 6.07 Å².